The zero-order chi connectivity index (χ0) is 96.6. The summed E-state index contributed by atoms with van der Waals surface area (Å²) in [4.78, 5) is 78.6. The maximum atomic E-state index is 15.9. The number of carbonyl (C=O) groups excluding carboxylic acids is 4. The summed E-state index contributed by atoms with van der Waals surface area (Å²) in [6, 6.07) is 53.4. The molecule has 23 heteroatoms. The summed E-state index contributed by atoms with van der Waals surface area (Å²) in [5.41, 5.74) is 5.89. The van der Waals surface area contributed by atoms with Crippen LogP contribution in [0.2, 0.25) is 0 Å². The lowest BCUT2D eigenvalue weighted by atomic mass is 9.94. The molecule has 6 aromatic rings. The van der Waals surface area contributed by atoms with Gasteiger partial charge in [0.25, 0.3) is 0 Å². The number of nitrogens with one attached hydrogen (secondary N) is 2. The van der Waals surface area contributed by atoms with Gasteiger partial charge < -0.3 is 72.7 Å². The van der Waals surface area contributed by atoms with Gasteiger partial charge in [0.05, 0.1) is 103 Å². The fraction of sp³-hybridized carbons (Fsp3) is 0.632. The van der Waals surface area contributed by atoms with Crippen molar-refractivity contribution in [3.05, 3.63) is 228 Å². The molecule has 2 fully saturated rings. The lowest BCUT2D eigenvalue weighted by Gasteiger charge is -2.48. The molecule has 14 atom stereocenters. The molecule has 3 heterocycles. The molecule has 137 heavy (non-hydrogen) atoms. The van der Waals surface area contributed by atoms with E-state index in [4.69, 9.17) is 65.7 Å². The summed E-state index contributed by atoms with van der Waals surface area (Å²) >= 11 is 0. The Balaban J connectivity index is 1.12. The van der Waals surface area contributed by atoms with Gasteiger partial charge in [-0.2, -0.15) is 13.6 Å². The van der Waals surface area contributed by atoms with Crippen LogP contribution in [-0.4, -0.2) is 134 Å². The summed E-state index contributed by atoms with van der Waals surface area (Å²) in [7, 11) is -4.75. The lowest BCUT2D eigenvalue weighted by molar-refractivity contribution is -0.315. The van der Waals surface area contributed by atoms with Crippen molar-refractivity contribution in [2.75, 3.05) is 19.8 Å². The predicted molar refractivity (Wildman–Crippen MR) is 539 cm³/mol. The topological polar surface area (TPSA) is 265 Å². The first-order valence-electron chi connectivity index (χ1n) is 52.9. The van der Waals surface area contributed by atoms with Crippen LogP contribution in [0.5, 0.6) is 0 Å². The fourth-order valence-corrected chi connectivity index (χ4v) is 19.7. The average molecular weight is 1920 g/mol. The number of hydrogen-bond donors (Lipinski definition) is 3. The van der Waals surface area contributed by atoms with Gasteiger partial charge in [-0.05, 0) is 64.6 Å². The highest BCUT2D eigenvalue weighted by Gasteiger charge is 2.57. The van der Waals surface area contributed by atoms with Crippen molar-refractivity contribution in [2.24, 2.45) is 0 Å². The van der Waals surface area contributed by atoms with Gasteiger partial charge in [-0.15, -0.1) is 6.58 Å². The number of unbranched alkanes of at least 4 members (excludes halogenated alkanes) is 32. The SMILES string of the molecule is C=CCO[C@H]1O[C@H](CO[C@@H]2O[C@H](CO)[C@@H](O[P+]3([O-])OCc4ccccc4CO3)[C@H](OC(=O)C[C@@H](CCCCCCCCCCC)OCc3ccccc3)[C@H]2NC(=O)C[C@@H](CCCCCCCCCCC)OCc2ccccc2)[C@@H](OCc2ccccc2)[C@H](OC(=O)C[C@@H](CCCCCCCCCCC)OCc2ccccc2)[C@H]1NC(=O)C[C@@H](CCCCCCCCCCC)OCc1ccccc1. The largest absolute Gasteiger partial charge is 0.606 e. The van der Waals surface area contributed by atoms with Crippen molar-refractivity contribution in [3.63, 3.8) is 0 Å². The summed E-state index contributed by atoms with van der Waals surface area (Å²) in [5.74, 6) is -2.36. The average Bonchev–Trinajstić information content (AvgIpc) is 1.53. The molecule has 3 aliphatic rings. The molecule has 9 rings (SSSR count). The molecule has 760 valence electrons. The van der Waals surface area contributed by atoms with Gasteiger partial charge >= 0.3 is 20.1 Å². The van der Waals surface area contributed by atoms with Crippen LogP contribution in [0, 0.1) is 0 Å². The third-order valence-electron chi connectivity index (χ3n) is 26.3. The molecule has 0 unspecified atom stereocenters. The van der Waals surface area contributed by atoms with Crippen molar-refractivity contribution in [1.29, 1.82) is 0 Å². The Morgan fingerprint density at radius 1 is 0.372 bits per heavy atom. The molecule has 0 spiro atoms. The number of fused-ring (bicyclic) bond motifs is 1. The fourth-order valence-electron chi connectivity index (χ4n) is 18.3. The molecule has 0 aliphatic carbocycles. The number of aliphatic hydroxyl groups excluding tert-OH is 1. The smallest absolute Gasteiger partial charge is 0.380 e. The number of ether oxygens (including phenoxy) is 11. The maximum absolute atomic E-state index is 15.9. The Morgan fingerprint density at radius 3 is 0.993 bits per heavy atom. The number of benzene rings is 6. The minimum Gasteiger partial charge on any atom is -0.606 e. The first kappa shape index (κ1) is 113. The lowest BCUT2D eigenvalue weighted by Crippen LogP contribution is -2.68. The number of phosphoric acid groups is 1. The minimum atomic E-state index is -4.75. The van der Waals surface area contributed by atoms with Crippen LogP contribution in [0.4, 0.5) is 0 Å². The number of esters is 2. The quantitative estimate of drug-likeness (QED) is 0.0139. The number of rotatable bonds is 76. The van der Waals surface area contributed by atoms with Crippen LogP contribution in [0.15, 0.2) is 189 Å². The molecule has 3 aliphatic heterocycles. The zero-order valence-electron chi connectivity index (χ0n) is 83.4. The maximum Gasteiger partial charge on any atom is 0.380 e. The Labute approximate surface area is 822 Å². The molecule has 0 radical (unpaired) electrons. The van der Waals surface area contributed by atoms with Gasteiger partial charge in [-0.1, -0.05) is 441 Å². The van der Waals surface area contributed by atoms with Gasteiger partial charge in [0, 0.05) is 0 Å². The molecule has 6 aromatic carbocycles. The molecule has 3 N–H and O–H groups in total. The van der Waals surface area contributed by atoms with E-state index in [1.807, 2.05) is 176 Å². The second-order valence-electron chi connectivity index (χ2n) is 37.9. The van der Waals surface area contributed by atoms with E-state index in [1.165, 1.54) is 116 Å². The Kier molecular flexibility index (Phi) is 57.7. The third kappa shape index (κ3) is 45.7. The van der Waals surface area contributed by atoms with E-state index >= 15 is 24.1 Å². The van der Waals surface area contributed by atoms with E-state index in [0.717, 1.165) is 143 Å². The minimum absolute atomic E-state index is 0.0624. The highest BCUT2D eigenvalue weighted by molar-refractivity contribution is 7.54. The summed E-state index contributed by atoms with van der Waals surface area (Å²) in [6.07, 6.45) is 28.1. The Morgan fingerprint density at radius 2 is 0.664 bits per heavy atom. The van der Waals surface area contributed by atoms with Crippen molar-refractivity contribution >= 4 is 31.9 Å². The standard InChI is InChI=1S/C114H169N2O20P/c1-6-11-15-19-23-27-31-35-54-72-97(124-82-90-60-44-39-45-61-90)77-103(118)115-107-111(134-105(120)79-99(126-84-92-64-48-41-49-65-92)74-56-37-33-29-25-21-17-13-8-3)109(128-86-94-68-52-43-53-69-94)102(133-113(107)123-76-10-5)89-129-114-108(116-104(119)78-98(125-83-91-62-46-40-47-63-91)73-55-36-32-28-24-20-16-12-7-2)112(110(101(81-117)132-114)136-137(122)130-87-95-70-58-59-71-96(95)88-131-137)135-106(121)80-100(127-85-93-66-50-42-51-67-93)75-57-38-34-30-26-22-18-14-9-4/h10,39-53,58-71,97-102,107-114,117H,5-9,11-38,54-57,72-89H2,1-4H3,(H,115,118)(H,116,119)/t97-,98-,99-,100-,101-,102-,107-,108-,109-,110-,111-,112-,113+,114-/m1/s1. The summed E-state index contributed by atoms with van der Waals surface area (Å²) in [6.45, 7) is 12.0. The molecule has 2 saturated heterocycles. The zero-order valence-corrected chi connectivity index (χ0v) is 84.3. The number of hydrogen-bond acceptors (Lipinski definition) is 20. The first-order chi connectivity index (χ1) is 67.2. The Bertz CT molecular complexity index is 4080. The van der Waals surface area contributed by atoms with Crippen molar-refractivity contribution < 1.29 is 94.9 Å². The monoisotopic (exact) mass is 1920 g/mol. The van der Waals surface area contributed by atoms with Crippen LogP contribution in [0.1, 0.15) is 349 Å². The van der Waals surface area contributed by atoms with E-state index in [0.29, 0.717) is 36.8 Å². The number of carbonyl (C=O) groups is 4. The summed E-state index contributed by atoms with van der Waals surface area (Å²) < 4.78 is 95.4. The highest BCUT2D eigenvalue weighted by atomic mass is 31.2. The number of phosphoric ester groups is 1. The molecule has 0 bridgehead atoms. The van der Waals surface area contributed by atoms with Crippen LogP contribution in [0.3, 0.4) is 0 Å². The van der Waals surface area contributed by atoms with E-state index in [1.54, 1.807) is 6.08 Å². The van der Waals surface area contributed by atoms with Crippen molar-refractivity contribution in [3.8, 4) is 0 Å². The van der Waals surface area contributed by atoms with Gasteiger partial charge in [0.1, 0.15) is 43.6 Å². The Hall–Kier alpha value is -7.19. The van der Waals surface area contributed by atoms with Crippen molar-refractivity contribution in [1.82, 2.24) is 10.6 Å². The van der Waals surface area contributed by atoms with Crippen LogP contribution >= 0.6 is 8.17 Å². The van der Waals surface area contributed by atoms with Gasteiger partial charge in [0.15, 0.2) is 30.9 Å². The molecule has 22 nitrogen and oxygen atoms in total. The molecule has 2 amide bonds. The van der Waals surface area contributed by atoms with Crippen LogP contribution in [-0.2, 0) is 131 Å². The van der Waals surface area contributed by atoms with E-state index in [2.05, 4.69) is 44.9 Å². The van der Waals surface area contributed by atoms with Gasteiger partial charge in [-0.25, -0.2) is 0 Å². The van der Waals surface area contributed by atoms with Gasteiger partial charge in [-0.3, -0.25) is 19.2 Å². The van der Waals surface area contributed by atoms with Crippen LogP contribution in [0.25, 0.3) is 0 Å². The van der Waals surface area contributed by atoms with E-state index in [-0.39, 0.29) is 78.5 Å². The second kappa shape index (κ2) is 69.7. The second-order valence-corrected chi connectivity index (χ2v) is 39.5. The van der Waals surface area contributed by atoms with Crippen LogP contribution < -0.4 is 15.5 Å². The van der Waals surface area contributed by atoms with Gasteiger partial charge in [0.2, 0.25) is 11.8 Å². The number of aliphatic hydroxyl groups is 1. The normalized spacial score (nSPS) is 20.1. The predicted octanol–water partition coefficient (Wildman–Crippen LogP) is 24.8. The first-order valence-corrected chi connectivity index (χ1v) is 54.4. The highest BCUT2D eigenvalue weighted by Crippen LogP contribution is 2.59. The molecule has 0 saturated carbocycles. The molecule has 0 aromatic heterocycles. The van der Waals surface area contributed by atoms with E-state index in [9.17, 15) is 5.11 Å². The van der Waals surface area contributed by atoms with Crippen molar-refractivity contribution in [2.45, 2.75) is 442 Å². The molecular weight excluding hydrogens is 1750 g/mol. The number of amides is 2. The molecular formula is C114H169N2O20P. The van der Waals surface area contributed by atoms with E-state index < -0.39 is 131 Å². The third-order valence-corrected chi connectivity index (χ3v) is 27.7. The summed E-state index contributed by atoms with van der Waals surface area (Å²) in [5, 5.41) is 18.6.